The SMILES string of the molecule is C=C1C=CC=CC=NN1. The first-order valence-corrected chi connectivity index (χ1v) is 2.71. The molecule has 0 aromatic carbocycles. The highest BCUT2D eigenvalue weighted by Gasteiger charge is 1.80. The van der Waals surface area contributed by atoms with Gasteiger partial charge in [-0.2, -0.15) is 5.10 Å². The van der Waals surface area contributed by atoms with E-state index in [9.17, 15) is 0 Å². The summed E-state index contributed by atoms with van der Waals surface area (Å²) in [6.07, 6.45) is 9.17. The van der Waals surface area contributed by atoms with Gasteiger partial charge in [0.15, 0.2) is 0 Å². The average Bonchev–Trinajstić information content (AvgIpc) is 1.79. The molecule has 0 aromatic rings. The predicted octanol–water partition coefficient (Wildman–Crippen LogP) is 1.20. The smallest absolute Gasteiger partial charge is 0.0490 e. The molecule has 0 spiro atoms. The average molecular weight is 120 g/mol. The molecule has 1 rings (SSSR count). The highest BCUT2D eigenvalue weighted by Crippen LogP contribution is 1.89. The Bertz CT molecular complexity index is 187. The minimum absolute atomic E-state index is 0.801. The number of hydrogen-bond acceptors (Lipinski definition) is 2. The van der Waals surface area contributed by atoms with Crippen molar-refractivity contribution in [3.63, 3.8) is 0 Å². The Kier molecular flexibility index (Phi) is 1.85. The first kappa shape index (κ1) is 5.82. The summed E-state index contributed by atoms with van der Waals surface area (Å²) in [6.45, 7) is 3.67. The van der Waals surface area contributed by atoms with Gasteiger partial charge < -0.3 is 0 Å². The van der Waals surface area contributed by atoms with Gasteiger partial charge in [0.25, 0.3) is 0 Å². The highest BCUT2D eigenvalue weighted by molar-refractivity contribution is 5.71. The Morgan fingerprint density at radius 2 is 2.22 bits per heavy atom. The van der Waals surface area contributed by atoms with Crippen LogP contribution in [0.25, 0.3) is 0 Å². The maximum Gasteiger partial charge on any atom is 0.0490 e. The highest BCUT2D eigenvalue weighted by atomic mass is 15.3. The number of allylic oxidation sites excluding steroid dienone is 4. The first-order chi connectivity index (χ1) is 4.39. The van der Waals surface area contributed by atoms with Crippen molar-refractivity contribution in [2.75, 3.05) is 0 Å². The quantitative estimate of drug-likeness (QED) is 0.510. The van der Waals surface area contributed by atoms with Crippen LogP contribution in [0.4, 0.5) is 0 Å². The second kappa shape index (κ2) is 2.87. The lowest BCUT2D eigenvalue weighted by Gasteiger charge is -1.96. The molecule has 0 amide bonds. The zero-order valence-electron chi connectivity index (χ0n) is 5.04. The number of hydrogen-bond donors (Lipinski definition) is 1. The summed E-state index contributed by atoms with van der Waals surface area (Å²) in [7, 11) is 0. The number of nitrogens with zero attached hydrogens (tertiary/aromatic N) is 1. The van der Waals surface area contributed by atoms with Gasteiger partial charge >= 0.3 is 0 Å². The Labute approximate surface area is 54.3 Å². The van der Waals surface area contributed by atoms with Crippen molar-refractivity contribution in [1.29, 1.82) is 0 Å². The Balaban J connectivity index is 2.70. The van der Waals surface area contributed by atoms with Crippen molar-refractivity contribution in [2.24, 2.45) is 5.10 Å². The van der Waals surface area contributed by atoms with Gasteiger partial charge in [-0.05, 0) is 12.2 Å². The van der Waals surface area contributed by atoms with E-state index in [2.05, 4.69) is 17.1 Å². The third kappa shape index (κ3) is 1.95. The molecule has 2 nitrogen and oxygen atoms in total. The van der Waals surface area contributed by atoms with Gasteiger partial charge in [-0.15, -0.1) is 0 Å². The molecule has 0 saturated heterocycles. The van der Waals surface area contributed by atoms with Gasteiger partial charge in [-0.25, -0.2) is 0 Å². The summed E-state index contributed by atoms with van der Waals surface area (Å²) in [6, 6.07) is 0. The van der Waals surface area contributed by atoms with E-state index in [-0.39, 0.29) is 0 Å². The molecule has 1 heterocycles. The maximum atomic E-state index is 3.80. The van der Waals surface area contributed by atoms with Gasteiger partial charge in [0.1, 0.15) is 0 Å². The van der Waals surface area contributed by atoms with Gasteiger partial charge in [0, 0.05) is 11.9 Å². The van der Waals surface area contributed by atoms with Gasteiger partial charge in [0.05, 0.1) is 0 Å². The zero-order chi connectivity index (χ0) is 6.53. The van der Waals surface area contributed by atoms with Crippen LogP contribution >= 0.6 is 0 Å². The molecule has 0 aromatic heterocycles. The van der Waals surface area contributed by atoms with Crippen LogP contribution in [-0.2, 0) is 0 Å². The van der Waals surface area contributed by atoms with Crippen LogP contribution in [0.3, 0.4) is 0 Å². The molecule has 0 unspecified atom stereocenters. The number of rotatable bonds is 0. The largest absolute Gasteiger partial charge is 0.279 e. The predicted molar refractivity (Wildman–Crippen MR) is 39.0 cm³/mol. The van der Waals surface area contributed by atoms with E-state index in [1.54, 1.807) is 6.21 Å². The van der Waals surface area contributed by atoms with Crippen molar-refractivity contribution < 1.29 is 0 Å². The molecule has 0 atom stereocenters. The fourth-order valence-electron chi connectivity index (χ4n) is 0.486. The normalized spacial score (nSPS) is 16.7. The molecular weight excluding hydrogens is 112 g/mol. The van der Waals surface area contributed by atoms with Crippen LogP contribution in [0.1, 0.15) is 0 Å². The van der Waals surface area contributed by atoms with Crippen LogP contribution in [0, 0.1) is 0 Å². The summed E-state index contributed by atoms with van der Waals surface area (Å²) in [5.74, 6) is 0. The van der Waals surface area contributed by atoms with E-state index in [1.807, 2.05) is 24.3 Å². The van der Waals surface area contributed by atoms with Crippen molar-refractivity contribution in [1.82, 2.24) is 5.43 Å². The third-order valence-corrected chi connectivity index (χ3v) is 0.888. The minimum Gasteiger partial charge on any atom is -0.279 e. The molecule has 9 heavy (non-hydrogen) atoms. The summed E-state index contributed by atoms with van der Waals surface area (Å²) >= 11 is 0. The van der Waals surface area contributed by atoms with Crippen LogP contribution in [0.15, 0.2) is 41.7 Å². The van der Waals surface area contributed by atoms with Crippen molar-refractivity contribution in [2.45, 2.75) is 0 Å². The topological polar surface area (TPSA) is 24.4 Å². The monoisotopic (exact) mass is 120 g/mol. The molecule has 1 aliphatic heterocycles. The molecule has 0 aliphatic carbocycles. The maximum absolute atomic E-state index is 3.80. The molecular formula is C7H8N2. The summed E-state index contributed by atoms with van der Waals surface area (Å²) < 4.78 is 0. The van der Waals surface area contributed by atoms with E-state index in [1.165, 1.54) is 0 Å². The lowest BCUT2D eigenvalue weighted by atomic mass is 10.4. The molecule has 1 N–H and O–H groups in total. The lowest BCUT2D eigenvalue weighted by Crippen LogP contribution is -2.01. The molecule has 0 radical (unpaired) electrons. The van der Waals surface area contributed by atoms with Crippen LogP contribution in [0.5, 0.6) is 0 Å². The number of hydrazone groups is 1. The standard InChI is InChI=1S/C7H8N2/c1-7-5-3-2-4-6-8-9-7/h2-6,9H,1H2. The summed E-state index contributed by atoms with van der Waals surface area (Å²) in [5.41, 5.74) is 3.52. The first-order valence-electron chi connectivity index (χ1n) is 2.71. The van der Waals surface area contributed by atoms with E-state index >= 15 is 0 Å². The minimum atomic E-state index is 0.801. The summed E-state index contributed by atoms with van der Waals surface area (Å²) in [5, 5.41) is 3.80. The molecule has 46 valence electrons. The molecule has 0 saturated carbocycles. The van der Waals surface area contributed by atoms with Gasteiger partial charge in [-0.3, -0.25) is 5.43 Å². The van der Waals surface area contributed by atoms with Crippen molar-refractivity contribution in [3.05, 3.63) is 36.6 Å². The Morgan fingerprint density at radius 3 is 3.11 bits per heavy atom. The molecule has 0 bridgehead atoms. The van der Waals surface area contributed by atoms with Crippen LogP contribution in [-0.4, -0.2) is 6.21 Å². The van der Waals surface area contributed by atoms with E-state index in [4.69, 9.17) is 0 Å². The summed E-state index contributed by atoms with van der Waals surface area (Å²) in [4.78, 5) is 0. The van der Waals surface area contributed by atoms with Crippen LogP contribution in [0.2, 0.25) is 0 Å². The molecule has 1 aliphatic rings. The molecule has 0 fully saturated rings. The van der Waals surface area contributed by atoms with Gasteiger partial charge in [-0.1, -0.05) is 18.7 Å². The zero-order valence-corrected chi connectivity index (χ0v) is 5.04. The fourth-order valence-corrected chi connectivity index (χ4v) is 0.486. The lowest BCUT2D eigenvalue weighted by molar-refractivity contribution is 0.929. The fraction of sp³-hybridized carbons (Fsp3) is 0. The third-order valence-electron chi connectivity index (χ3n) is 0.888. The van der Waals surface area contributed by atoms with Crippen molar-refractivity contribution >= 4 is 6.21 Å². The second-order valence-electron chi connectivity index (χ2n) is 1.66. The van der Waals surface area contributed by atoms with Gasteiger partial charge in [0.2, 0.25) is 0 Å². The number of nitrogens with one attached hydrogen (secondary N) is 1. The van der Waals surface area contributed by atoms with Crippen molar-refractivity contribution in [3.8, 4) is 0 Å². The van der Waals surface area contributed by atoms with E-state index < -0.39 is 0 Å². The van der Waals surface area contributed by atoms with E-state index in [0.29, 0.717) is 0 Å². The Morgan fingerprint density at radius 1 is 1.33 bits per heavy atom. The van der Waals surface area contributed by atoms with Crippen LogP contribution < -0.4 is 5.43 Å². The second-order valence-corrected chi connectivity index (χ2v) is 1.66. The van der Waals surface area contributed by atoms with E-state index in [0.717, 1.165) is 5.70 Å². The Hall–Kier alpha value is -1.31. The molecule has 2 heteroatoms.